The molecule has 1 fully saturated rings. The highest BCUT2D eigenvalue weighted by Crippen LogP contribution is 2.28. The Labute approximate surface area is 221 Å². The number of anilines is 2. The number of hydrogen-bond acceptors (Lipinski definition) is 4. The fraction of sp³-hybridized carbons (Fsp3) is 0.233. The van der Waals surface area contributed by atoms with Gasteiger partial charge in [-0.25, -0.2) is 9.59 Å². The van der Waals surface area contributed by atoms with Crippen LogP contribution in [-0.4, -0.2) is 47.6 Å². The summed E-state index contributed by atoms with van der Waals surface area (Å²) < 4.78 is 5.48. The van der Waals surface area contributed by atoms with Crippen molar-refractivity contribution in [1.29, 1.82) is 0 Å². The number of carbonyl (C=O) groups excluding carboxylic acids is 2. The molecule has 1 aliphatic heterocycles. The van der Waals surface area contributed by atoms with E-state index < -0.39 is 5.97 Å². The van der Waals surface area contributed by atoms with Crippen LogP contribution in [0.5, 0.6) is 5.75 Å². The highest BCUT2D eigenvalue weighted by Gasteiger charge is 2.27. The summed E-state index contributed by atoms with van der Waals surface area (Å²) in [5.74, 6) is -0.476. The Kier molecular flexibility index (Phi) is 8.43. The van der Waals surface area contributed by atoms with Crippen molar-refractivity contribution in [3.63, 3.8) is 0 Å². The number of amides is 3. The maximum absolute atomic E-state index is 13.2. The van der Waals surface area contributed by atoms with Gasteiger partial charge >= 0.3 is 12.0 Å². The highest BCUT2D eigenvalue weighted by atomic mass is 16.5. The van der Waals surface area contributed by atoms with Crippen molar-refractivity contribution >= 4 is 35.4 Å². The molecular formula is C30H31N3O5. The summed E-state index contributed by atoms with van der Waals surface area (Å²) in [4.78, 5) is 38.6. The molecule has 0 radical (unpaired) electrons. The van der Waals surface area contributed by atoms with Crippen molar-refractivity contribution in [2.45, 2.75) is 32.2 Å². The number of aryl methyl sites for hydroxylation is 1. The summed E-state index contributed by atoms with van der Waals surface area (Å²) in [6.07, 6.45) is 5.93. The standard InChI is InChI=1S/C30H31N3O5/c1-20-6-3-4-8-25(20)31-30(37)32-26-16-12-22(18-27(26)38-2)19-28(34)33-17-5-7-24(33)15-11-21-9-13-23(14-10-21)29(35)36/h3-4,6,8-16,18,24H,5,7,17,19H2,1-2H3,(H,35,36)(H2,31,32,37)/b15-11+. The summed E-state index contributed by atoms with van der Waals surface area (Å²) in [5.41, 5.74) is 4.09. The van der Waals surface area contributed by atoms with E-state index in [0.717, 1.165) is 35.2 Å². The van der Waals surface area contributed by atoms with E-state index in [1.165, 1.54) is 7.11 Å². The molecule has 1 unspecified atom stereocenters. The van der Waals surface area contributed by atoms with Gasteiger partial charge in [0.05, 0.1) is 30.8 Å². The lowest BCUT2D eigenvalue weighted by Crippen LogP contribution is -2.35. The molecule has 3 aromatic rings. The van der Waals surface area contributed by atoms with Gasteiger partial charge in [-0.3, -0.25) is 4.79 Å². The Hall–Kier alpha value is -4.59. The van der Waals surface area contributed by atoms with Crippen LogP contribution in [0.25, 0.3) is 6.08 Å². The fourth-order valence-corrected chi connectivity index (χ4v) is 4.48. The van der Waals surface area contributed by atoms with Crippen LogP contribution in [0.4, 0.5) is 16.2 Å². The Bertz CT molecular complexity index is 1350. The van der Waals surface area contributed by atoms with Gasteiger partial charge in [0.1, 0.15) is 5.75 Å². The van der Waals surface area contributed by atoms with E-state index in [2.05, 4.69) is 10.6 Å². The van der Waals surface area contributed by atoms with Crippen molar-refractivity contribution in [3.8, 4) is 5.75 Å². The molecule has 0 aliphatic carbocycles. The van der Waals surface area contributed by atoms with E-state index in [4.69, 9.17) is 9.84 Å². The number of methoxy groups -OCH3 is 1. The predicted octanol–water partition coefficient (Wildman–Crippen LogP) is 5.59. The van der Waals surface area contributed by atoms with Crippen molar-refractivity contribution in [2.24, 2.45) is 0 Å². The SMILES string of the molecule is COc1cc(CC(=O)N2CCCC2/C=C/c2ccc(C(=O)O)cc2)ccc1NC(=O)Nc1ccccc1C. The van der Waals surface area contributed by atoms with E-state index >= 15 is 0 Å². The minimum Gasteiger partial charge on any atom is -0.495 e. The molecule has 1 aliphatic rings. The van der Waals surface area contributed by atoms with E-state index in [1.807, 2.05) is 54.3 Å². The summed E-state index contributed by atoms with van der Waals surface area (Å²) in [7, 11) is 1.52. The second-order valence-electron chi connectivity index (χ2n) is 9.19. The molecule has 1 saturated heterocycles. The van der Waals surface area contributed by atoms with Crippen molar-refractivity contribution in [3.05, 3.63) is 95.1 Å². The van der Waals surface area contributed by atoms with Gasteiger partial charge in [0, 0.05) is 12.2 Å². The number of aromatic carboxylic acids is 1. The third kappa shape index (κ3) is 6.59. The molecule has 1 atom stereocenters. The Morgan fingerprint density at radius 1 is 1.03 bits per heavy atom. The van der Waals surface area contributed by atoms with Gasteiger partial charge in [0.2, 0.25) is 5.91 Å². The van der Waals surface area contributed by atoms with Gasteiger partial charge in [0.25, 0.3) is 0 Å². The van der Waals surface area contributed by atoms with Crippen LogP contribution < -0.4 is 15.4 Å². The second kappa shape index (κ2) is 12.1. The number of urea groups is 1. The number of carboxylic acid groups (broad SMARTS) is 1. The van der Waals surface area contributed by atoms with Crippen LogP contribution in [0.2, 0.25) is 0 Å². The van der Waals surface area contributed by atoms with E-state index in [0.29, 0.717) is 18.0 Å². The van der Waals surface area contributed by atoms with Crippen molar-refractivity contribution < 1.29 is 24.2 Å². The van der Waals surface area contributed by atoms with Gasteiger partial charge < -0.3 is 25.4 Å². The lowest BCUT2D eigenvalue weighted by Gasteiger charge is -2.22. The van der Waals surface area contributed by atoms with Gasteiger partial charge in [-0.05, 0) is 66.8 Å². The third-order valence-corrected chi connectivity index (χ3v) is 6.55. The minimum absolute atomic E-state index is 0.0124. The number of para-hydroxylation sites is 1. The van der Waals surface area contributed by atoms with Gasteiger partial charge in [-0.15, -0.1) is 0 Å². The summed E-state index contributed by atoms with van der Waals surface area (Å²) in [6.45, 7) is 2.60. The second-order valence-corrected chi connectivity index (χ2v) is 9.19. The molecule has 8 nitrogen and oxygen atoms in total. The van der Waals surface area contributed by atoms with Crippen LogP contribution in [0.1, 0.15) is 39.9 Å². The molecule has 0 spiro atoms. The number of hydrogen-bond donors (Lipinski definition) is 3. The first-order valence-corrected chi connectivity index (χ1v) is 12.5. The van der Waals surface area contributed by atoms with Crippen LogP contribution in [0.3, 0.4) is 0 Å². The van der Waals surface area contributed by atoms with E-state index in [-0.39, 0.29) is 30.0 Å². The zero-order valence-corrected chi connectivity index (χ0v) is 21.4. The number of carbonyl (C=O) groups is 3. The molecule has 3 N–H and O–H groups in total. The molecule has 3 amide bonds. The summed E-state index contributed by atoms with van der Waals surface area (Å²) >= 11 is 0. The number of nitrogens with zero attached hydrogens (tertiary/aromatic N) is 1. The monoisotopic (exact) mass is 513 g/mol. The molecule has 4 rings (SSSR count). The molecular weight excluding hydrogens is 482 g/mol. The minimum atomic E-state index is -0.959. The van der Waals surface area contributed by atoms with Crippen LogP contribution in [0, 0.1) is 6.92 Å². The zero-order valence-electron chi connectivity index (χ0n) is 21.4. The lowest BCUT2D eigenvalue weighted by molar-refractivity contribution is -0.130. The Morgan fingerprint density at radius 3 is 2.47 bits per heavy atom. The van der Waals surface area contributed by atoms with E-state index in [1.54, 1.807) is 36.4 Å². The summed E-state index contributed by atoms with van der Waals surface area (Å²) in [5, 5.41) is 14.7. The normalized spacial score (nSPS) is 14.9. The topological polar surface area (TPSA) is 108 Å². The summed E-state index contributed by atoms with van der Waals surface area (Å²) in [6, 6.07) is 19.1. The van der Waals surface area contributed by atoms with Gasteiger partial charge in [-0.2, -0.15) is 0 Å². The number of benzene rings is 3. The molecule has 8 heteroatoms. The smallest absolute Gasteiger partial charge is 0.335 e. The molecule has 1 heterocycles. The zero-order chi connectivity index (χ0) is 27.1. The number of rotatable bonds is 8. The van der Waals surface area contributed by atoms with Gasteiger partial charge in [-0.1, -0.05) is 48.6 Å². The molecule has 0 aromatic heterocycles. The molecule has 196 valence electrons. The largest absolute Gasteiger partial charge is 0.495 e. The third-order valence-electron chi connectivity index (χ3n) is 6.55. The average molecular weight is 514 g/mol. The number of carboxylic acids is 1. The first-order chi connectivity index (χ1) is 18.3. The molecule has 0 saturated carbocycles. The number of likely N-dealkylation sites (tertiary alicyclic amines) is 1. The van der Waals surface area contributed by atoms with Gasteiger partial charge in [0.15, 0.2) is 0 Å². The maximum atomic E-state index is 13.2. The highest BCUT2D eigenvalue weighted by molar-refractivity contribution is 6.01. The Balaban J connectivity index is 1.38. The van der Waals surface area contributed by atoms with Crippen molar-refractivity contribution in [2.75, 3.05) is 24.3 Å². The Morgan fingerprint density at radius 2 is 1.76 bits per heavy atom. The average Bonchev–Trinajstić information content (AvgIpc) is 3.39. The quantitative estimate of drug-likeness (QED) is 0.364. The lowest BCUT2D eigenvalue weighted by atomic mass is 10.1. The van der Waals surface area contributed by atoms with E-state index in [9.17, 15) is 14.4 Å². The fourth-order valence-electron chi connectivity index (χ4n) is 4.48. The molecule has 0 bridgehead atoms. The van der Waals surface area contributed by atoms with Crippen LogP contribution in [-0.2, 0) is 11.2 Å². The van der Waals surface area contributed by atoms with Crippen molar-refractivity contribution in [1.82, 2.24) is 4.90 Å². The maximum Gasteiger partial charge on any atom is 0.335 e. The molecule has 38 heavy (non-hydrogen) atoms. The predicted molar refractivity (Wildman–Crippen MR) is 148 cm³/mol. The first kappa shape index (κ1) is 26.5. The van der Waals surface area contributed by atoms with Crippen LogP contribution >= 0.6 is 0 Å². The van der Waals surface area contributed by atoms with Crippen LogP contribution in [0.15, 0.2) is 72.8 Å². The number of nitrogens with one attached hydrogen (secondary N) is 2. The number of ether oxygens (including phenoxy) is 1. The molecule has 3 aromatic carbocycles. The first-order valence-electron chi connectivity index (χ1n) is 12.5.